The predicted molar refractivity (Wildman–Crippen MR) is 126 cm³/mol. The molecule has 0 saturated carbocycles. The third kappa shape index (κ3) is 5.44. The number of nitrogens with one attached hydrogen (secondary N) is 1. The maximum absolute atomic E-state index is 12.9. The molecule has 1 aromatic carbocycles. The fraction of sp³-hybridized carbons (Fsp3) is 0.385. The van der Waals surface area contributed by atoms with E-state index in [-0.39, 0.29) is 35.5 Å². The van der Waals surface area contributed by atoms with Gasteiger partial charge < -0.3 is 19.5 Å². The van der Waals surface area contributed by atoms with Gasteiger partial charge in [-0.05, 0) is 61.9 Å². The predicted octanol–water partition coefficient (Wildman–Crippen LogP) is 2.77. The number of nitrogens with zero attached hydrogens (tertiary/aromatic N) is 2. The zero-order valence-electron chi connectivity index (χ0n) is 19.3. The summed E-state index contributed by atoms with van der Waals surface area (Å²) >= 11 is 0. The smallest absolute Gasteiger partial charge is 0.253 e. The molecule has 3 amide bonds. The van der Waals surface area contributed by atoms with Crippen molar-refractivity contribution in [2.45, 2.75) is 26.2 Å². The minimum atomic E-state index is -0.346. The first kappa shape index (κ1) is 23.5. The molecule has 4 rings (SSSR count). The Balaban J connectivity index is 1.24. The lowest BCUT2D eigenvalue weighted by Gasteiger charge is -2.39. The van der Waals surface area contributed by atoms with Crippen LogP contribution in [0, 0.1) is 5.41 Å². The van der Waals surface area contributed by atoms with E-state index in [2.05, 4.69) is 5.32 Å². The first-order valence-corrected chi connectivity index (χ1v) is 11.5. The molecule has 1 aromatic heterocycles. The van der Waals surface area contributed by atoms with Crippen molar-refractivity contribution in [3.63, 3.8) is 0 Å². The fourth-order valence-corrected chi connectivity index (χ4v) is 4.65. The number of piperidine rings is 1. The first-order chi connectivity index (χ1) is 16.3. The van der Waals surface area contributed by atoms with Crippen molar-refractivity contribution in [3.8, 4) is 0 Å². The number of carbonyl (C=O) groups excluding carboxylic acids is 4. The van der Waals surface area contributed by atoms with E-state index in [1.807, 2.05) is 9.80 Å². The molecule has 178 valence electrons. The molecule has 0 aliphatic carbocycles. The highest BCUT2D eigenvalue weighted by atomic mass is 16.3. The molecule has 2 saturated heterocycles. The van der Waals surface area contributed by atoms with Crippen molar-refractivity contribution in [1.29, 1.82) is 0 Å². The molecule has 0 atom stereocenters. The van der Waals surface area contributed by atoms with Crippen molar-refractivity contribution in [3.05, 3.63) is 65.6 Å². The van der Waals surface area contributed by atoms with Gasteiger partial charge in [-0.3, -0.25) is 19.2 Å². The van der Waals surface area contributed by atoms with Crippen LogP contribution in [0.5, 0.6) is 0 Å². The Morgan fingerprint density at radius 1 is 0.971 bits per heavy atom. The van der Waals surface area contributed by atoms with Gasteiger partial charge in [0.15, 0.2) is 5.78 Å². The van der Waals surface area contributed by atoms with Crippen LogP contribution in [-0.4, -0.2) is 66.0 Å². The third-order valence-corrected chi connectivity index (χ3v) is 6.80. The normalized spacial score (nSPS) is 17.3. The first-order valence-electron chi connectivity index (χ1n) is 11.5. The van der Waals surface area contributed by atoms with Crippen LogP contribution in [0.15, 0.2) is 53.2 Å². The molecule has 2 aliphatic heterocycles. The molecular formula is C26H29N3O5. The Morgan fingerprint density at radius 2 is 1.62 bits per heavy atom. The van der Waals surface area contributed by atoms with E-state index < -0.39 is 0 Å². The standard InChI is InChI=1S/C26H29N3O5/c1-19(30)20-4-6-21(7-5-20)25(33)28-13-10-26(11-14-28)12-15-29(18-26)24(32)17-27-23(31)9-8-22-3-2-16-34-22/h2-9,16H,10-15,17-18H2,1H3,(H,27,31)/b9-8-. The van der Waals surface area contributed by atoms with Crippen LogP contribution < -0.4 is 5.32 Å². The number of likely N-dealkylation sites (tertiary alicyclic amines) is 2. The summed E-state index contributed by atoms with van der Waals surface area (Å²) in [6.45, 7) is 4.06. The van der Waals surface area contributed by atoms with E-state index in [4.69, 9.17) is 4.42 Å². The average molecular weight is 464 g/mol. The number of benzene rings is 1. The zero-order chi connectivity index (χ0) is 24.1. The number of ketones is 1. The largest absolute Gasteiger partial charge is 0.465 e. The molecular weight excluding hydrogens is 434 g/mol. The van der Waals surface area contributed by atoms with Crippen LogP contribution in [0.4, 0.5) is 0 Å². The monoisotopic (exact) mass is 463 g/mol. The highest BCUT2D eigenvalue weighted by Crippen LogP contribution is 2.40. The summed E-state index contributed by atoms with van der Waals surface area (Å²) in [5, 5.41) is 2.63. The molecule has 0 unspecified atom stereocenters. The molecule has 0 radical (unpaired) electrons. The summed E-state index contributed by atoms with van der Waals surface area (Å²) in [5.41, 5.74) is 1.20. The molecule has 1 spiro atoms. The summed E-state index contributed by atoms with van der Waals surface area (Å²) in [7, 11) is 0. The summed E-state index contributed by atoms with van der Waals surface area (Å²) < 4.78 is 5.14. The average Bonchev–Trinajstić information content (AvgIpc) is 3.52. The molecule has 0 bridgehead atoms. The lowest BCUT2D eigenvalue weighted by molar-refractivity contribution is -0.131. The Bertz CT molecular complexity index is 1080. The van der Waals surface area contributed by atoms with Crippen molar-refractivity contribution < 1.29 is 23.6 Å². The molecule has 8 heteroatoms. The number of carbonyl (C=O) groups is 4. The second-order valence-corrected chi connectivity index (χ2v) is 9.06. The highest BCUT2D eigenvalue weighted by Gasteiger charge is 2.42. The molecule has 8 nitrogen and oxygen atoms in total. The minimum absolute atomic E-state index is 0.0220. The number of rotatable bonds is 6. The van der Waals surface area contributed by atoms with Gasteiger partial charge in [-0.2, -0.15) is 0 Å². The Kier molecular flexibility index (Phi) is 6.95. The van der Waals surface area contributed by atoms with Gasteiger partial charge >= 0.3 is 0 Å². The van der Waals surface area contributed by atoms with Crippen LogP contribution in [0.1, 0.15) is 52.7 Å². The fourth-order valence-electron chi connectivity index (χ4n) is 4.65. The number of amides is 3. The molecule has 3 heterocycles. The Labute approximate surface area is 198 Å². The lowest BCUT2D eigenvalue weighted by atomic mass is 9.77. The van der Waals surface area contributed by atoms with Gasteiger partial charge in [0.25, 0.3) is 5.91 Å². The molecule has 2 aromatic rings. The number of hydrogen-bond donors (Lipinski definition) is 1. The number of Topliss-reactive ketones (excluding diaryl/α,β-unsaturated/α-hetero) is 1. The Hall–Kier alpha value is -3.68. The van der Waals surface area contributed by atoms with E-state index in [9.17, 15) is 19.2 Å². The van der Waals surface area contributed by atoms with Crippen LogP contribution in [0.3, 0.4) is 0 Å². The second kappa shape index (κ2) is 10.1. The van der Waals surface area contributed by atoms with Gasteiger partial charge in [0.2, 0.25) is 11.8 Å². The van der Waals surface area contributed by atoms with Gasteiger partial charge in [-0.15, -0.1) is 0 Å². The number of furan rings is 1. The zero-order valence-corrected chi connectivity index (χ0v) is 19.3. The van der Waals surface area contributed by atoms with Crippen molar-refractivity contribution in [1.82, 2.24) is 15.1 Å². The minimum Gasteiger partial charge on any atom is -0.465 e. The summed E-state index contributed by atoms with van der Waals surface area (Å²) in [6, 6.07) is 10.3. The highest BCUT2D eigenvalue weighted by molar-refractivity contribution is 5.98. The van der Waals surface area contributed by atoms with Gasteiger partial charge in [0.1, 0.15) is 5.76 Å². The topological polar surface area (TPSA) is 99.9 Å². The van der Waals surface area contributed by atoms with E-state index >= 15 is 0 Å². The second-order valence-electron chi connectivity index (χ2n) is 9.06. The van der Waals surface area contributed by atoms with Crippen LogP contribution >= 0.6 is 0 Å². The van der Waals surface area contributed by atoms with E-state index in [0.29, 0.717) is 43.1 Å². The Morgan fingerprint density at radius 3 is 2.24 bits per heavy atom. The molecule has 2 aliphatic rings. The number of hydrogen-bond acceptors (Lipinski definition) is 5. The quantitative estimate of drug-likeness (QED) is 0.525. The molecule has 2 fully saturated rings. The van der Waals surface area contributed by atoms with Crippen LogP contribution in [0.25, 0.3) is 6.08 Å². The van der Waals surface area contributed by atoms with Crippen molar-refractivity contribution >= 4 is 29.6 Å². The maximum atomic E-state index is 12.9. The lowest BCUT2D eigenvalue weighted by Crippen LogP contribution is -2.45. The van der Waals surface area contributed by atoms with Crippen molar-refractivity contribution in [2.24, 2.45) is 5.41 Å². The van der Waals surface area contributed by atoms with Crippen molar-refractivity contribution in [2.75, 3.05) is 32.7 Å². The van der Waals surface area contributed by atoms with E-state index in [1.54, 1.807) is 42.5 Å². The van der Waals surface area contributed by atoms with Gasteiger partial charge in [-0.1, -0.05) is 12.1 Å². The van der Waals surface area contributed by atoms with Crippen LogP contribution in [-0.2, 0) is 9.59 Å². The SMILES string of the molecule is CC(=O)c1ccc(C(=O)N2CCC3(CCN(C(=O)CNC(=O)/C=C\c4ccco4)C3)CC2)cc1. The summed E-state index contributed by atoms with van der Waals surface area (Å²) in [5.74, 6) is 0.0775. The van der Waals surface area contributed by atoms with E-state index in [0.717, 1.165) is 19.3 Å². The van der Waals surface area contributed by atoms with E-state index in [1.165, 1.54) is 19.3 Å². The molecule has 34 heavy (non-hydrogen) atoms. The van der Waals surface area contributed by atoms with Gasteiger partial charge in [-0.25, -0.2) is 0 Å². The van der Waals surface area contributed by atoms with Gasteiger partial charge in [0, 0.05) is 43.4 Å². The third-order valence-electron chi connectivity index (χ3n) is 6.80. The van der Waals surface area contributed by atoms with Gasteiger partial charge in [0.05, 0.1) is 12.8 Å². The summed E-state index contributed by atoms with van der Waals surface area (Å²) in [6.07, 6.45) is 7.01. The maximum Gasteiger partial charge on any atom is 0.253 e. The summed E-state index contributed by atoms with van der Waals surface area (Å²) in [4.78, 5) is 52.5. The van der Waals surface area contributed by atoms with Crippen LogP contribution in [0.2, 0.25) is 0 Å². The molecule has 1 N–H and O–H groups in total.